The highest BCUT2D eigenvalue weighted by Crippen LogP contribution is 2.05. The van der Waals surface area contributed by atoms with Crippen LogP contribution in [-0.2, 0) is 11.2 Å². The molecule has 0 aliphatic rings. The minimum atomic E-state index is -0.130. The molecule has 1 aromatic rings. The van der Waals surface area contributed by atoms with Crippen LogP contribution in [0.5, 0.6) is 0 Å². The van der Waals surface area contributed by atoms with Crippen LogP contribution in [0.4, 0.5) is 0 Å². The van der Waals surface area contributed by atoms with Crippen molar-refractivity contribution < 1.29 is 4.79 Å². The van der Waals surface area contributed by atoms with Gasteiger partial charge in [0.05, 0.1) is 6.04 Å². The van der Waals surface area contributed by atoms with Gasteiger partial charge in [0.15, 0.2) is 0 Å². The summed E-state index contributed by atoms with van der Waals surface area (Å²) >= 11 is 0. The molecule has 19 heavy (non-hydrogen) atoms. The van der Waals surface area contributed by atoms with Gasteiger partial charge in [-0.1, -0.05) is 43.7 Å². The van der Waals surface area contributed by atoms with E-state index in [4.69, 9.17) is 0 Å². The van der Waals surface area contributed by atoms with E-state index in [1.165, 1.54) is 5.56 Å². The van der Waals surface area contributed by atoms with Crippen LogP contribution in [-0.4, -0.2) is 37.5 Å². The van der Waals surface area contributed by atoms with Crippen LogP contribution >= 0.6 is 12.4 Å². The Labute approximate surface area is 122 Å². The van der Waals surface area contributed by atoms with Crippen molar-refractivity contribution in [3.8, 4) is 0 Å². The van der Waals surface area contributed by atoms with E-state index in [0.29, 0.717) is 0 Å². The monoisotopic (exact) mass is 284 g/mol. The molecule has 0 aliphatic heterocycles. The first kappa shape index (κ1) is 17.9. The Morgan fingerprint density at radius 3 is 2.47 bits per heavy atom. The number of hydrogen-bond acceptors (Lipinski definition) is 2. The molecule has 0 heterocycles. The Balaban J connectivity index is 0.00000324. The first-order chi connectivity index (χ1) is 8.69. The van der Waals surface area contributed by atoms with E-state index in [9.17, 15) is 4.79 Å². The van der Waals surface area contributed by atoms with Crippen LogP contribution in [0.15, 0.2) is 30.3 Å². The van der Waals surface area contributed by atoms with E-state index in [0.717, 1.165) is 25.8 Å². The molecule has 108 valence electrons. The predicted octanol–water partition coefficient (Wildman–Crippen LogP) is 2.50. The summed E-state index contributed by atoms with van der Waals surface area (Å²) < 4.78 is 0. The summed E-state index contributed by atoms with van der Waals surface area (Å²) in [5.74, 6) is 0.176. The Morgan fingerprint density at radius 1 is 1.32 bits per heavy atom. The number of carbonyl (C=O) groups excluding carboxylic acids is 1. The Hall–Kier alpha value is -1.06. The van der Waals surface area contributed by atoms with Gasteiger partial charge in [0, 0.05) is 13.6 Å². The first-order valence-corrected chi connectivity index (χ1v) is 6.65. The van der Waals surface area contributed by atoms with E-state index in [1.54, 1.807) is 0 Å². The maximum atomic E-state index is 12.2. The molecule has 1 amide bonds. The Bertz CT molecular complexity index is 356. The molecule has 1 N–H and O–H groups in total. The fourth-order valence-electron chi connectivity index (χ4n) is 1.93. The quantitative estimate of drug-likeness (QED) is 0.834. The van der Waals surface area contributed by atoms with Gasteiger partial charge in [0.1, 0.15) is 0 Å². The largest absolute Gasteiger partial charge is 0.344 e. The van der Waals surface area contributed by atoms with Crippen molar-refractivity contribution in [1.82, 2.24) is 10.2 Å². The highest BCUT2D eigenvalue weighted by molar-refractivity contribution is 5.85. The van der Waals surface area contributed by atoms with Crippen LogP contribution in [0.25, 0.3) is 0 Å². The minimum Gasteiger partial charge on any atom is -0.344 e. The van der Waals surface area contributed by atoms with E-state index < -0.39 is 0 Å². The maximum Gasteiger partial charge on any atom is 0.239 e. The molecule has 0 spiro atoms. The number of benzene rings is 1. The van der Waals surface area contributed by atoms with Crippen molar-refractivity contribution in [1.29, 1.82) is 0 Å². The number of halogens is 1. The number of rotatable bonds is 7. The fraction of sp³-hybridized carbons (Fsp3) is 0.533. The van der Waals surface area contributed by atoms with E-state index in [-0.39, 0.29) is 24.4 Å². The molecule has 1 atom stereocenters. The SMILES string of the molecule is CCCCN(C)C(=O)[C@H](Cc1ccccc1)NC.Cl. The first-order valence-electron chi connectivity index (χ1n) is 6.65. The molecule has 0 bridgehead atoms. The van der Waals surface area contributed by atoms with Crippen LogP contribution in [0.1, 0.15) is 25.3 Å². The highest BCUT2D eigenvalue weighted by Gasteiger charge is 2.20. The van der Waals surface area contributed by atoms with Crippen LogP contribution < -0.4 is 5.32 Å². The van der Waals surface area contributed by atoms with Gasteiger partial charge in [-0.05, 0) is 25.5 Å². The molecule has 0 aliphatic carbocycles. The molecule has 1 aromatic carbocycles. The number of unbranched alkanes of at least 4 members (excludes halogenated alkanes) is 1. The molecule has 0 aromatic heterocycles. The molecule has 0 saturated heterocycles. The Morgan fingerprint density at radius 2 is 1.95 bits per heavy atom. The number of likely N-dealkylation sites (N-methyl/N-ethyl adjacent to an activating group) is 2. The molecular weight excluding hydrogens is 260 g/mol. The lowest BCUT2D eigenvalue weighted by molar-refractivity contribution is -0.132. The summed E-state index contributed by atoms with van der Waals surface area (Å²) in [6.07, 6.45) is 2.91. The summed E-state index contributed by atoms with van der Waals surface area (Å²) in [4.78, 5) is 14.1. The predicted molar refractivity (Wildman–Crippen MR) is 82.8 cm³/mol. The van der Waals surface area contributed by atoms with Gasteiger partial charge in [0.2, 0.25) is 5.91 Å². The average molecular weight is 285 g/mol. The summed E-state index contributed by atoms with van der Waals surface area (Å²) in [7, 11) is 3.73. The average Bonchev–Trinajstić information content (AvgIpc) is 2.42. The third kappa shape index (κ3) is 6.08. The van der Waals surface area contributed by atoms with Gasteiger partial charge in [0.25, 0.3) is 0 Å². The maximum absolute atomic E-state index is 12.2. The number of nitrogens with zero attached hydrogens (tertiary/aromatic N) is 1. The van der Waals surface area contributed by atoms with Gasteiger partial charge >= 0.3 is 0 Å². The van der Waals surface area contributed by atoms with Crippen LogP contribution in [0.3, 0.4) is 0 Å². The lowest BCUT2D eigenvalue weighted by Gasteiger charge is -2.23. The lowest BCUT2D eigenvalue weighted by Crippen LogP contribution is -2.45. The molecule has 0 unspecified atom stereocenters. The smallest absolute Gasteiger partial charge is 0.239 e. The third-order valence-electron chi connectivity index (χ3n) is 3.15. The summed E-state index contributed by atoms with van der Waals surface area (Å²) in [6.45, 7) is 2.97. The van der Waals surface area contributed by atoms with E-state index in [1.807, 2.05) is 37.2 Å². The highest BCUT2D eigenvalue weighted by atomic mass is 35.5. The zero-order chi connectivity index (χ0) is 13.4. The summed E-state index contributed by atoms with van der Waals surface area (Å²) in [6, 6.07) is 10.00. The molecule has 0 fully saturated rings. The number of hydrogen-bond donors (Lipinski definition) is 1. The van der Waals surface area contributed by atoms with Crippen molar-refractivity contribution in [2.24, 2.45) is 0 Å². The number of carbonyl (C=O) groups is 1. The molecule has 4 heteroatoms. The zero-order valence-corrected chi connectivity index (χ0v) is 12.9. The van der Waals surface area contributed by atoms with Gasteiger partial charge in [-0.2, -0.15) is 0 Å². The van der Waals surface area contributed by atoms with Crippen molar-refractivity contribution in [2.75, 3.05) is 20.6 Å². The Kier molecular flexibility index (Phi) is 9.27. The summed E-state index contributed by atoms with van der Waals surface area (Å²) in [5, 5.41) is 3.12. The molecule has 0 radical (unpaired) electrons. The topological polar surface area (TPSA) is 32.3 Å². The van der Waals surface area contributed by atoms with Gasteiger partial charge < -0.3 is 10.2 Å². The normalized spacial score (nSPS) is 11.5. The third-order valence-corrected chi connectivity index (χ3v) is 3.15. The van der Waals surface area contributed by atoms with E-state index in [2.05, 4.69) is 24.4 Å². The van der Waals surface area contributed by atoms with Crippen molar-refractivity contribution in [3.05, 3.63) is 35.9 Å². The molecule has 1 rings (SSSR count). The number of amides is 1. The molecule has 3 nitrogen and oxygen atoms in total. The standard InChI is InChI=1S/C15H24N2O.ClH/c1-4-5-11-17(3)15(18)14(16-2)12-13-9-7-6-8-10-13;/h6-10,14,16H,4-5,11-12H2,1-3H3;1H/t14-;/m0./s1. The zero-order valence-electron chi connectivity index (χ0n) is 12.1. The second-order valence-corrected chi connectivity index (χ2v) is 4.64. The molecular formula is C15H25ClN2O. The molecule has 0 saturated carbocycles. The van der Waals surface area contributed by atoms with Crippen LogP contribution in [0.2, 0.25) is 0 Å². The van der Waals surface area contributed by atoms with Gasteiger partial charge in [-0.25, -0.2) is 0 Å². The van der Waals surface area contributed by atoms with Crippen molar-refractivity contribution in [2.45, 2.75) is 32.2 Å². The van der Waals surface area contributed by atoms with Crippen molar-refractivity contribution in [3.63, 3.8) is 0 Å². The van der Waals surface area contributed by atoms with Crippen molar-refractivity contribution >= 4 is 18.3 Å². The van der Waals surface area contributed by atoms with Gasteiger partial charge in [-0.3, -0.25) is 4.79 Å². The second-order valence-electron chi connectivity index (χ2n) is 4.64. The fourth-order valence-corrected chi connectivity index (χ4v) is 1.93. The van der Waals surface area contributed by atoms with E-state index >= 15 is 0 Å². The van der Waals surface area contributed by atoms with Gasteiger partial charge in [-0.15, -0.1) is 12.4 Å². The van der Waals surface area contributed by atoms with Crippen LogP contribution in [0, 0.1) is 0 Å². The summed E-state index contributed by atoms with van der Waals surface area (Å²) in [5.41, 5.74) is 1.19. The minimum absolute atomic E-state index is 0. The second kappa shape index (κ2) is 9.82. The lowest BCUT2D eigenvalue weighted by atomic mass is 10.1. The number of nitrogens with one attached hydrogen (secondary N) is 1.